The molecule has 0 spiro atoms. The van der Waals surface area contributed by atoms with Gasteiger partial charge in [0, 0.05) is 24.6 Å². The maximum atomic E-state index is 12.5. The van der Waals surface area contributed by atoms with Crippen LogP contribution in [0.25, 0.3) is 0 Å². The standard InChI is InChI=1S/C24H22N4O5/c1-28-14-13-19(27-28)23(29)25-16-7-9-17(10-8-16)26-24(30)22-12-11-18(33-22)15-32-21-6-4-3-5-20(21)31-2/h3-14H,15H2,1-2H3,(H,25,29)(H,26,30). The lowest BCUT2D eigenvalue weighted by Crippen LogP contribution is -2.13. The first kappa shape index (κ1) is 21.7. The second kappa shape index (κ2) is 9.73. The summed E-state index contributed by atoms with van der Waals surface area (Å²) in [5.41, 5.74) is 1.45. The molecular formula is C24H22N4O5. The number of anilines is 2. The van der Waals surface area contributed by atoms with E-state index >= 15 is 0 Å². The summed E-state index contributed by atoms with van der Waals surface area (Å²) in [5, 5.41) is 9.57. The van der Waals surface area contributed by atoms with Crippen molar-refractivity contribution in [2.45, 2.75) is 6.61 Å². The lowest BCUT2D eigenvalue weighted by Gasteiger charge is -2.09. The number of aryl methyl sites for hydroxylation is 1. The number of para-hydroxylation sites is 2. The first-order chi connectivity index (χ1) is 16.0. The van der Waals surface area contributed by atoms with Crippen LogP contribution in [0.3, 0.4) is 0 Å². The van der Waals surface area contributed by atoms with Crippen LogP contribution in [0.1, 0.15) is 26.8 Å². The van der Waals surface area contributed by atoms with Crippen LogP contribution in [0.2, 0.25) is 0 Å². The van der Waals surface area contributed by atoms with Gasteiger partial charge in [0.1, 0.15) is 12.4 Å². The molecule has 2 heterocycles. The molecule has 0 aliphatic heterocycles. The van der Waals surface area contributed by atoms with Crippen LogP contribution in [0.4, 0.5) is 11.4 Å². The highest BCUT2D eigenvalue weighted by Crippen LogP contribution is 2.27. The van der Waals surface area contributed by atoms with Crippen molar-refractivity contribution in [3.8, 4) is 11.5 Å². The van der Waals surface area contributed by atoms with Crippen LogP contribution in [0.5, 0.6) is 11.5 Å². The topological polar surface area (TPSA) is 108 Å². The highest BCUT2D eigenvalue weighted by atomic mass is 16.5. The molecule has 168 valence electrons. The molecule has 0 aliphatic rings. The largest absolute Gasteiger partial charge is 0.493 e. The third-order valence-electron chi connectivity index (χ3n) is 4.67. The van der Waals surface area contributed by atoms with Gasteiger partial charge in [-0.25, -0.2) is 0 Å². The molecule has 4 aromatic rings. The number of aromatic nitrogens is 2. The quantitative estimate of drug-likeness (QED) is 0.422. The van der Waals surface area contributed by atoms with Gasteiger partial charge in [0.05, 0.1) is 7.11 Å². The zero-order valence-corrected chi connectivity index (χ0v) is 18.1. The van der Waals surface area contributed by atoms with Crippen molar-refractivity contribution in [3.05, 3.63) is 90.1 Å². The molecular weight excluding hydrogens is 424 g/mol. The van der Waals surface area contributed by atoms with Gasteiger partial charge in [0.2, 0.25) is 0 Å². The molecule has 0 fully saturated rings. The number of methoxy groups -OCH3 is 1. The number of hydrogen-bond acceptors (Lipinski definition) is 6. The van der Waals surface area contributed by atoms with Gasteiger partial charge in [-0.1, -0.05) is 12.1 Å². The third-order valence-corrected chi connectivity index (χ3v) is 4.67. The van der Waals surface area contributed by atoms with Crippen molar-refractivity contribution >= 4 is 23.2 Å². The van der Waals surface area contributed by atoms with E-state index < -0.39 is 5.91 Å². The molecule has 2 aromatic heterocycles. The van der Waals surface area contributed by atoms with E-state index in [9.17, 15) is 9.59 Å². The van der Waals surface area contributed by atoms with E-state index in [1.54, 1.807) is 79.6 Å². The Morgan fingerprint density at radius 1 is 0.909 bits per heavy atom. The summed E-state index contributed by atoms with van der Waals surface area (Å²) in [4.78, 5) is 24.7. The van der Waals surface area contributed by atoms with E-state index in [-0.39, 0.29) is 18.3 Å². The fourth-order valence-electron chi connectivity index (χ4n) is 3.03. The Morgan fingerprint density at radius 3 is 2.21 bits per heavy atom. The molecule has 0 bridgehead atoms. The van der Waals surface area contributed by atoms with Crippen molar-refractivity contribution in [2.75, 3.05) is 17.7 Å². The maximum absolute atomic E-state index is 12.5. The fourth-order valence-corrected chi connectivity index (χ4v) is 3.03. The molecule has 9 nitrogen and oxygen atoms in total. The number of ether oxygens (including phenoxy) is 2. The van der Waals surface area contributed by atoms with Crippen molar-refractivity contribution < 1.29 is 23.5 Å². The van der Waals surface area contributed by atoms with E-state index in [2.05, 4.69) is 15.7 Å². The minimum absolute atomic E-state index is 0.151. The fraction of sp³-hybridized carbons (Fsp3) is 0.125. The molecule has 9 heteroatoms. The summed E-state index contributed by atoms with van der Waals surface area (Å²) in [6.07, 6.45) is 1.69. The van der Waals surface area contributed by atoms with Crippen LogP contribution in [-0.2, 0) is 13.7 Å². The normalized spacial score (nSPS) is 10.5. The number of hydrogen-bond donors (Lipinski definition) is 2. The summed E-state index contributed by atoms with van der Waals surface area (Å²) in [6, 6.07) is 18.9. The molecule has 0 saturated heterocycles. The third kappa shape index (κ3) is 5.40. The highest BCUT2D eigenvalue weighted by molar-refractivity contribution is 6.04. The Bertz CT molecular complexity index is 1260. The van der Waals surface area contributed by atoms with E-state index in [4.69, 9.17) is 13.9 Å². The van der Waals surface area contributed by atoms with Gasteiger partial charge in [0.25, 0.3) is 11.8 Å². The molecule has 4 rings (SSSR count). The number of benzene rings is 2. The predicted octanol–water partition coefficient (Wildman–Crippen LogP) is 4.11. The molecule has 0 unspecified atom stereocenters. The van der Waals surface area contributed by atoms with Crippen molar-refractivity contribution in [1.82, 2.24) is 9.78 Å². The van der Waals surface area contributed by atoms with Gasteiger partial charge in [-0.05, 0) is 54.6 Å². The number of furan rings is 1. The van der Waals surface area contributed by atoms with E-state index in [1.165, 1.54) is 0 Å². The minimum Gasteiger partial charge on any atom is -0.493 e. The van der Waals surface area contributed by atoms with Gasteiger partial charge < -0.3 is 24.5 Å². The van der Waals surface area contributed by atoms with Crippen molar-refractivity contribution in [2.24, 2.45) is 7.05 Å². The van der Waals surface area contributed by atoms with Gasteiger partial charge in [0.15, 0.2) is 23.0 Å². The number of nitrogens with one attached hydrogen (secondary N) is 2. The molecule has 33 heavy (non-hydrogen) atoms. The maximum Gasteiger partial charge on any atom is 0.291 e. The van der Waals surface area contributed by atoms with Crippen molar-refractivity contribution in [1.29, 1.82) is 0 Å². The molecule has 2 amide bonds. The Labute approximate surface area is 189 Å². The lowest BCUT2D eigenvalue weighted by atomic mass is 10.2. The Morgan fingerprint density at radius 2 is 1.58 bits per heavy atom. The second-order valence-electron chi connectivity index (χ2n) is 7.07. The first-order valence-corrected chi connectivity index (χ1v) is 10.1. The molecule has 2 N–H and O–H groups in total. The number of carbonyl (C=O) groups excluding carboxylic acids is 2. The number of amides is 2. The van der Waals surface area contributed by atoms with E-state index in [0.29, 0.717) is 34.3 Å². The summed E-state index contributed by atoms with van der Waals surface area (Å²) in [5.74, 6) is 1.13. The number of rotatable bonds is 8. The first-order valence-electron chi connectivity index (χ1n) is 10.1. The molecule has 0 radical (unpaired) electrons. The zero-order chi connectivity index (χ0) is 23.2. The van der Waals surface area contributed by atoms with Gasteiger partial charge in [-0.3, -0.25) is 14.3 Å². The average Bonchev–Trinajstić information content (AvgIpc) is 3.48. The number of carbonyl (C=O) groups is 2. The monoisotopic (exact) mass is 446 g/mol. The summed E-state index contributed by atoms with van der Waals surface area (Å²) in [7, 11) is 3.31. The zero-order valence-electron chi connectivity index (χ0n) is 18.1. The van der Waals surface area contributed by atoms with E-state index in [1.807, 2.05) is 12.1 Å². The summed E-state index contributed by atoms with van der Waals surface area (Å²) in [6.45, 7) is 0.151. The highest BCUT2D eigenvalue weighted by Gasteiger charge is 2.13. The van der Waals surface area contributed by atoms with Gasteiger partial charge in [-0.15, -0.1) is 0 Å². The van der Waals surface area contributed by atoms with Gasteiger partial charge >= 0.3 is 0 Å². The Balaban J connectivity index is 1.32. The lowest BCUT2D eigenvalue weighted by molar-refractivity contribution is 0.0990. The minimum atomic E-state index is -0.399. The van der Waals surface area contributed by atoms with Crippen LogP contribution in [-0.4, -0.2) is 28.7 Å². The predicted molar refractivity (Wildman–Crippen MR) is 122 cm³/mol. The van der Waals surface area contributed by atoms with Crippen LogP contribution >= 0.6 is 0 Å². The van der Waals surface area contributed by atoms with Crippen molar-refractivity contribution in [3.63, 3.8) is 0 Å². The average molecular weight is 446 g/mol. The van der Waals surface area contributed by atoms with Crippen LogP contribution < -0.4 is 20.1 Å². The molecule has 0 aliphatic carbocycles. The summed E-state index contributed by atoms with van der Waals surface area (Å²) >= 11 is 0. The van der Waals surface area contributed by atoms with Gasteiger partial charge in [-0.2, -0.15) is 5.10 Å². The molecule has 2 aromatic carbocycles. The van der Waals surface area contributed by atoms with Crippen LogP contribution in [0.15, 0.2) is 77.3 Å². The SMILES string of the molecule is COc1ccccc1OCc1ccc(C(=O)Nc2ccc(NC(=O)c3ccn(C)n3)cc2)o1. The Hall–Kier alpha value is -4.53. The molecule has 0 saturated carbocycles. The summed E-state index contributed by atoms with van der Waals surface area (Å²) < 4.78 is 18.1. The number of nitrogens with zero attached hydrogens (tertiary/aromatic N) is 2. The smallest absolute Gasteiger partial charge is 0.291 e. The Kier molecular flexibility index (Phi) is 6.40. The molecule has 0 atom stereocenters. The van der Waals surface area contributed by atoms with E-state index in [0.717, 1.165) is 0 Å². The van der Waals surface area contributed by atoms with Crippen LogP contribution in [0, 0.1) is 0 Å². The second-order valence-corrected chi connectivity index (χ2v) is 7.07.